The molecule has 4 fully saturated rings. The van der Waals surface area contributed by atoms with E-state index in [1.54, 1.807) is 17.7 Å². The highest BCUT2D eigenvalue weighted by Crippen LogP contribution is 2.59. The Morgan fingerprint density at radius 3 is 2.73 bits per heavy atom. The normalized spacial score (nSPS) is 27.6. The van der Waals surface area contributed by atoms with Crippen LogP contribution in [0.2, 0.25) is 5.02 Å². The Bertz CT molecular complexity index is 1470. The summed E-state index contributed by atoms with van der Waals surface area (Å²) >= 11 is 8.33. The monoisotopic (exact) mass is 533 g/mol. The van der Waals surface area contributed by atoms with Crippen LogP contribution in [0.25, 0.3) is 21.5 Å². The molecule has 3 atom stereocenters. The molecular weight excluding hydrogens is 506 g/mol. The van der Waals surface area contributed by atoms with Gasteiger partial charge in [0, 0.05) is 53.0 Å². The summed E-state index contributed by atoms with van der Waals surface area (Å²) in [5, 5.41) is 4.62. The van der Waals surface area contributed by atoms with Crippen LogP contribution in [0.4, 0.5) is 5.69 Å². The molecule has 5 aliphatic rings. The Balaban J connectivity index is 1.23. The molecule has 2 amide bonds. The lowest BCUT2D eigenvalue weighted by atomic mass is 9.75. The number of benzene rings is 1. The molecule has 3 aliphatic heterocycles. The fourth-order valence-electron chi connectivity index (χ4n) is 7.17. The van der Waals surface area contributed by atoms with Crippen LogP contribution in [-0.4, -0.2) is 51.4 Å². The number of fused-ring (bicyclic) bond motifs is 4. The quantitative estimate of drug-likeness (QED) is 0.482. The SMILES string of the molecule is O=C1CCC(=O)N1Cc1cc2ncnc(-c3cc(Cl)cc4c3N(C3CNC5(CCC5)C3)C[C@@H]3C[C@H]43)c2s1. The van der Waals surface area contributed by atoms with Gasteiger partial charge in [-0.2, -0.15) is 0 Å². The summed E-state index contributed by atoms with van der Waals surface area (Å²) in [4.78, 5) is 38.8. The summed E-state index contributed by atoms with van der Waals surface area (Å²) in [7, 11) is 0. The number of likely N-dealkylation sites (tertiary alicyclic amines) is 1. The van der Waals surface area contributed by atoms with Gasteiger partial charge in [0.05, 0.1) is 28.1 Å². The number of anilines is 1. The molecule has 7 nitrogen and oxygen atoms in total. The van der Waals surface area contributed by atoms with Crippen molar-refractivity contribution in [1.82, 2.24) is 20.2 Å². The van der Waals surface area contributed by atoms with Gasteiger partial charge in [-0.25, -0.2) is 9.97 Å². The summed E-state index contributed by atoms with van der Waals surface area (Å²) in [6, 6.07) is 6.73. The van der Waals surface area contributed by atoms with E-state index in [9.17, 15) is 9.59 Å². The van der Waals surface area contributed by atoms with Crippen LogP contribution in [0.3, 0.4) is 0 Å². The molecule has 1 aromatic carbocycles. The number of nitrogens with zero attached hydrogens (tertiary/aromatic N) is 4. The fourth-order valence-corrected chi connectivity index (χ4v) is 8.50. The Kier molecular flexibility index (Phi) is 4.84. The lowest BCUT2D eigenvalue weighted by Crippen LogP contribution is -2.46. The van der Waals surface area contributed by atoms with E-state index in [0.29, 0.717) is 42.8 Å². The Morgan fingerprint density at radius 1 is 1.14 bits per heavy atom. The van der Waals surface area contributed by atoms with Crippen molar-refractivity contribution in [1.29, 1.82) is 0 Å². The first-order valence-electron chi connectivity index (χ1n) is 13.4. The Morgan fingerprint density at radius 2 is 1.97 bits per heavy atom. The maximum Gasteiger partial charge on any atom is 0.230 e. The van der Waals surface area contributed by atoms with Crippen LogP contribution < -0.4 is 10.2 Å². The van der Waals surface area contributed by atoms with Crippen molar-refractivity contribution in [3.05, 3.63) is 40.0 Å². The molecule has 2 saturated heterocycles. The summed E-state index contributed by atoms with van der Waals surface area (Å²) in [6.07, 6.45) is 8.57. The van der Waals surface area contributed by atoms with Crippen LogP contribution >= 0.6 is 22.9 Å². The van der Waals surface area contributed by atoms with Gasteiger partial charge in [-0.1, -0.05) is 11.6 Å². The zero-order valence-electron chi connectivity index (χ0n) is 20.5. The molecular formula is C28H28ClN5O2S. The average Bonchev–Trinajstić information content (AvgIpc) is 3.18. The summed E-state index contributed by atoms with van der Waals surface area (Å²) in [6.45, 7) is 2.43. The maximum atomic E-state index is 12.2. The second kappa shape index (κ2) is 7.98. The molecule has 8 rings (SSSR count). The van der Waals surface area contributed by atoms with Gasteiger partial charge in [0.1, 0.15) is 6.33 Å². The summed E-state index contributed by atoms with van der Waals surface area (Å²) in [5.41, 5.74) is 5.83. The van der Waals surface area contributed by atoms with Gasteiger partial charge in [0.25, 0.3) is 0 Å². The van der Waals surface area contributed by atoms with E-state index in [0.717, 1.165) is 44.5 Å². The number of hydrogen-bond acceptors (Lipinski definition) is 7. The van der Waals surface area contributed by atoms with Gasteiger partial charge < -0.3 is 10.2 Å². The topological polar surface area (TPSA) is 78.4 Å². The number of thiophene rings is 1. The Labute approximate surface area is 224 Å². The highest BCUT2D eigenvalue weighted by molar-refractivity contribution is 7.19. The van der Waals surface area contributed by atoms with Gasteiger partial charge in [0.2, 0.25) is 11.8 Å². The third-order valence-electron chi connectivity index (χ3n) is 9.32. The number of carbonyl (C=O) groups excluding carboxylic acids is 2. The third kappa shape index (κ3) is 3.48. The molecule has 2 aliphatic carbocycles. The van der Waals surface area contributed by atoms with E-state index in [1.807, 2.05) is 6.07 Å². The molecule has 1 N–H and O–H groups in total. The minimum atomic E-state index is -0.0956. The largest absolute Gasteiger partial charge is 0.366 e. The van der Waals surface area contributed by atoms with E-state index in [2.05, 4.69) is 27.3 Å². The molecule has 2 aromatic heterocycles. The van der Waals surface area contributed by atoms with E-state index < -0.39 is 0 Å². The molecule has 5 heterocycles. The third-order valence-corrected chi connectivity index (χ3v) is 10.7. The van der Waals surface area contributed by atoms with Crippen LogP contribution in [0.1, 0.15) is 61.3 Å². The fraction of sp³-hybridized carbons (Fsp3) is 0.500. The number of nitrogens with one attached hydrogen (secondary N) is 1. The molecule has 0 radical (unpaired) electrons. The van der Waals surface area contributed by atoms with Crippen molar-refractivity contribution < 1.29 is 9.59 Å². The van der Waals surface area contributed by atoms with Crippen LogP contribution in [0.5, 0.6) is 0 Å². The number of carbonyl (C=O) groups is 2. The predicted octanol–water partition coefficient (Wildman–Crippen LogP) is 4.87. The van der Waals surface area contributed by atoms with E-state index in [-0.39, 0.29) is 11.8 Å². The molecule has 1 unspecified atom stereocenters. The first-order chi connectivity index (χ1) is 18.0. The summed E-state index contributed by atoms with van der Waals surface area (Å²) < 4.78 is 0.985. The van der Waals surface area contributed by atoms with Crippen LogP contribution in [-0.2, 0) is 16.1 Å². The molecule has 9 heteroatoms. The first kappa shape index (κ1) is 22.4. The zero-order valence-corrected chi connectivity index (χ0v) is 22.1. The molecule has 0 bridgehead atoms. The second-order valence-corrected chi connectivity index (χ2v) is 13.1. The van der Waals surface area contributed by atoms with Gasteiger partial charge in [0.15, 0.2) is 0 Å². The van der Waals surface area contributed by atoms with Gasteiger partial charge in [-0.15, -0.1) is 11.3 Å². The maximum absolute atomic E-state index is 12.2. The molecule has 37 heavy (non-hydrogen) atoms. The van der Waals surface area contributed by atoms with Crippen molar-refractivity contribution in [3.8, 4) is 11.3 Å². The lowest BCUT2D eigenvalue weighted by Gasteiger charge is -2.41. The van der Waals surface area contributed by atoms with Gasteiger partial charge >= 0.3 is 0 Å². The highest BCUT2D eigenvalue weighted by atomic mass is 35.5. The second-order valence-electron chi connectivity index (χ2n) is 11.5. The zero-order chi connectivity index (χ0) is 24.9. The van der Waals surface area contributed by atoms with Crippen molar-refractivity contribution >= 4 is 50.7 Å². The van der Waals surface area contributed by atoms with Crippen LogP contribution in [0.15, 0.2) is 24.5 Å². The highest BCUT2D eigenvalue weighted by Gasteiger charge is 2.51. The van der Waals surface area contributed by atoms with Crippen molar-refractivity contribution in [2.45, 2.75) is 69.0 Å². The Hall–Kier alpha value is -2.55. The minimum Gasteiger partial charge on any atom is -0.366 e. The minimum absolute atomic E-state index is 0.0956. The van der Waals surface area contributed by atoms with E-state index in [1.165, 1.54) is 48.3 Å². The summed E-state index contributed by atoms with van der Waals surface area (Å²) in [5.74, 6) is 1.11. The molecule has 3 aromatic rings. The molecule has 1 spiro atoms. The number of rotatable bonds is 4. The number of hydrogen-bond donors (Lipinski definition) is 1. The first-order valence-corrected chi connectivity index (χ1v) is 14.6. The number of amides is 2. The van der Waals surface area contributed by atoms with E-state index >= 15 is 0 Å². The van der Waals surface area contributed by atoms with Gasteiger partial charge in [-0.05, 0) is 67.7 Å². The standard InChI is InChI=1S/C28H28ClN5O2S/c29-16-7-20-19-6-15(19)12-33(17-10-28(32-11-17)4-1-5-28)26(20)21(8-16)25-27-22(30-14-31-25)9-18(37-27)13-34-23(35)2-3-24(34)36/h7-9,14-15,17,19,32H,1-6,10-13H2/t15-,17?,19-/m0/s1. The lowest BCUT2D eigenvalue weighted by molar-refractivity contribution is -0.138. The number of aromatic nitrogens is 2. The number of imide groups is 1. The smallest absolute Gasteiger partial charge is 0.230 e. The van der Waals surface area contributed by atoms with Crippen molar-refractivity contribution in [3.63, 3.8) is 0 Å². The van der Waals surface area contributed by atoms with Gasteiger partial charge in [-0.3, -0.25) is 14.5 Å². The van der Waals surface area contributed by atoms with E-state index in [4.69, 9.17) is 16.6 Å². The average molecular weight is 534 g/mol. The molecule has 190 valence electrons. The van der Waals surface area contributed by atoms with Crippen LogP contribution in [0, 0.1) is 5.92 Å². The predicted molar refractivity (Wildman–Crippen MR) is 144 cm³/mol. The van der Waals surface area contributed by atoms with Crippen molar-refractivity contribution in [2.75, 3.05) is 18.0 Å². The number of halogens is 1. The van der Waals surface area contributed by atoms with Crippen molar-refractivity contribution in [2.24, 2.45) is 5.92 Å². The molecule has 2 saturated carbocycles.